The Kier molecular flexibility index (Phi) is 5.22. The molecular weight excluding hydrogens is 297 g/mol. The van der Waals surface area contributed by atoms with Gasteiger partial charge < -0.3 is 10.1 Å². The Morgan fingerprint density at radius 1 is 1.55 bits per heavy atom. The predicted molar refractivity (Wildman–Crippen MR) is 65.3 cm³/mol. The Morgan fingerprint density at radius 2 is 2.20 bits per heavy atom. The van der Waals surface area contributed by atoms with Crippen LogP contribution in [0.4, 0.5) is 13.2 Å². The SMILES string of the molecule is CC(Oc1ccc(C#N)cc1Cl)C(=O)NCC(F)(F)F. The van der Waals surface area contributed by atoms with Crippen LogP contribution < -0.4 is 10.1 Å². The van der Waals surface area contributed by atoms with Crippen LogP contribution in [0.1, 0.15) is 12.5 Å². The van der Waals surface area contributed by atoms with Crippen molar-refractivity contribution >= 4 is 17.5 Å². The topological polar surface area (TPSA) is 62.1 Å². The highest BCUT2D eigenvalue weighted by atomic mass is 35.5. The number of carbonyl (C=O) groups excluding carboxylic acids is 1. The van der Waals surface area contributed by atoms with Gasteiger partial charge in [-0.2, -0.15) is 18.4 Å². The molecule has 0 aliphatic rings. The number of amides is 1. The summed E-state index contributed by atoms with van der Waals surface area (Å²) in [7, 11) is 0. The minimum atomic E-state index is -4.48. The lowest BCUT2D eigenvalue weighted by Gasteiger charge is -2.16. The van der Waals surface area contributed by atoms with Gasteiger partial charge in [0, 0.05) is 0 Å². The molecule has 0 aliphatic heterocycles. The van der Waals surface area contributed by atoms with E-state index in [2.05, 4.69) is 0 Å². The summed E-state index contributed by atoms with van der Waals surface area (Å²) < 4.78 is 41.0. The molecule has 1 N–H and O–H groups in total. The van der Waals surface area contributed by atoms with Crippen LogP contribution in [0.25, 0.3) is 0 Å². The van der Waals surface area contributed by atoms with Crippen molar-refractivity contribution in [1.29, 1.82) is 5.26 Å². The molecule has 0 bridgehead atoms. The van der Waals surface area contributed by atoms with Crippen LogP contribution in [0.2, 0.25) is 5.02 Å². The number of halogens is 4. The number of ether oxygens (including phenoxy) is 1. The second-order valence-electron chi connectivity index (χ2n) is 3.85. The van der Waals surface area contributed by atoms with E-state index in [4.69, 9.17) is 21.6 Å². The highest BCUT2D eigenvalue weighted by Gasteiger charge is 2.29. The first-order valence-electron chi connectivity index (χ1n) is 5.43. The third-order valence-corrected chi connectivity index (χ3v) is 2.49. The van der Waals surface area contributed by atoms with Gasteiger partial charge in [-0.05, 0) is 25.1 Å². The highest BCUT2D eigenvalue weighted by molar-refractivity contribution is 6.32. The molecule has 1 rings (SSSR count). The number of rotatable bonds is 4. The fourth-order valence-electron chi connectivity index (χ4n) is 1.24. The number of nitriles is 1. The van der Waals surface area contributed by atoms with Crippen molar-refractivity contribution in [1.82, 2.24) is 5.32 Å². The number of nitrogens with one attached hydrogen (secondary N) is 1. The molecule has 0 spiro atoms. The fourth-order valence-corrected chi connectivity index (χ4v) is 1.47. The molecule has 20 heavy (non-hydrogen) atoms. The molecule has 0 aliphatic carbocycles. The quantitative estimate of drug-likeness (QED) is 0.930. The van der Waals surface area contributed by atoms with Gasteiger partial charge in [0.1, 0.15) is 12.3 Å². The first-order chi connectivity index (χ1) is 9.23. The van der Waals surface area contributed by atoms with E-state index in [9.17, 15) is 18.0 Å². The molecule has 108 valence electrons. The fraction of sp³-hybridized carbons (Fsp3) is 0.333. The van der Waals surface area contributed by atoms with E-state index in [0.29, 0.717) is 5.56 Å². The van der Waals surface area contributed by atoms with Crippen molar-refractivity contribution in [2.24, 2.45) is 0 Å². The monoisotopic (exact) mass is 306 g/mol. The minimum Gasteiger partial charge on any atom is -0.479 e. The van der Waals surface area contributed by atoms with Gasteiger partial charge in [-0.15, -0.1) is 0 Å². The number of carbonyl (C=O) groups is 1. The molecule has 1 aromatic carbocycles. The van der Waals surface area contributed by atoms with Crippen molar-refractivity contribution in [2.45, 2.75) is 19.2 Å². The zero-order valence-corrected chi connectivity index (χ0v) is 11.0. The van der Waals surface area contributed by atoms with Gasteiger partial charge in [0.25, 0.3) is 5.91 Å². The number of hydrogen-bond donors (Lipinski definition) is 1. The van der Waals surface area contributed by atoms with Crippen molar-refractivity contribution in [2.75, 3.05) is 6.54 Å². The second-order valence-corrected chi connectivity index (χ2v) is 4.26. The zero-order valence-electron chi connectivity index (χ0n) is 10.3. The Bertz CT molecular complexity index is 540. The van der Waals surface area contributed by atoms with Gasteiger partial charge in [-0.1, -0.05) is 11.6 Å². The smallest absolute Gasteiger partial charge is 0.405 e. The Balaban J connectivity index is 2.64. The van der Waals surface area contributed by atoms with Crippen LogP contribution >= 0.6 is 11.6 Å². The van der Waals surface area contributed by atoms with Crippen LogP contribution in [0, 0.1) is 11.3 Å². The third kappa shape index (κ3) is 4.97. The first kappa shape index (κ1) is 16.1. The van der Waals surface area contributed by atoms with Gasteiger partial charge >= 0.3 is 6.18 Å². The Labute approximate surface area is 118 Å². The molecule has 8 heteroatoms. The number of hydrogen-bond acceptors (Lipinski definition) is 3. The van der Waals surface area contributed by atoms with E-state index in [0.717, 1.165) is 0 Å². The first-order valence-corrected chi connectivity index (χ1v) is 5.81. The van der Waals surface area contributed by atoms with Gasteiger partial charge in [0.2, 0.25) is 0 Å². The summed E-state index contributed by atoms with van der Waals surface area (Å²) in [5.41, 5.74) is 0.302. The molecular formula is C12H10ClF3N2O2. The summed E-state index contributed by atoms with van der Waals surface area (Å²) in [5, 5.41) is 10.4. The van der Waals surface area contributed by atoms with E-state index >= 15 is 0 Å². The average molecular weight is 307 g/mol. The molecule has 0 saturated carbocycles. The van der Waals surface area contributed by atoms with E-state index in [-0.39, 0.29) is 10.8 Å². The summed E-state index contributed by atoms with van der Waals surface area (Å²) >= 11 is 5.82. The molecule has 1 atom stereocenters. The molecule has 0 aromatic heterocycles. The maximum atomic E-state index is 11.9. The zero-order chi connectivity index (χ0) is 15.3. The number of nitrogens with zero attached hydrogens (tertiary/aromatic N) is 1. The maximum Gasteiger partial charge on any atom is 0.405 e. The highest BCUT2D eigenvalue weighted by Crippen LogP contribution is 2.26. The van der Waals surface area contributed by atoms with E-state index in [1.165, 1.54) is 25.1 Å². The Hall–Kier alpha value is -1.94. The minimum absolute atomic E-state index is 0.0968. The molecule has 1 amide bonds. The standard InChI is InChI=1S/C12H10ClF3N2O2/c1-7(11(19)18-6-12(14,15)16)20-10-3-2-8(5-17)4-9(10)13/h2-4,7H,6H2,1H3,(H,18,19). The molecule has 1 unspecified atom stereocenters. The largest absolute Gasteiger partial charge is 0.479 e. The van der Waals surface area contributed by atoms with Crippen molar-refractivity contribution < 1.29 is 22.7 Å². The number of alkyl halides is 3. The predicted octanol–water partition coefficient (Wildman–Crippen LogP) is 2.66. The van der Waals surface area contributed by atoms with Gasteiger partial charge in [0.05, 0.1) is 16.7 Å². The summed E-state index contributed by atoms with van der Waals surface area (Å²) in [6, 6.07) is 5.98. The summed E-state index contributed by atoms with van der Waals surface area (Å²) in [5.74, 6) is -0.803. The van der Waals surface area contributed by atoms with Gasteiger partial charge in [-0.3, -0.25) is 4.79 Å². The van der Waals surface area contributed by atoms with Gasteiger partial charge in [0.15, 0.2) is 6.10 Å². The van der Waals surface area contributed by atoms with E-state index in [1.807, 2.05) is 6.07 Å². The second kappa shape index (κ2) is 6.48. The molecule has 0 saturated heterocycles. The van der Waals surface area contributed by atoms with Crippen LogP contribution in [0.5, 0.6) is 5.75 Å². The molecule has 0 radical (unpaired) electrons. The lowest BCUT2D eigenvalue weighted by molar-refractivity contribution is -0.142. The van der Waals surface area contributed by atoms with Crippen molar-refractivity contribution in [3.05, 3.63) is 28.8 Å². The lowest BCUT2D eigenvalue weighted by atomic mass is 10.2. The molecule has 0 heterocycles. The van der Waals surface area contributed by atoms with Crippen LogP contribution in [0.15, 0.2) is 18.2 Å². The van der Waals surface area contributed by atoms with E-state index in [1.54, 1.807) is 5.32 Å². The van der Waals surface area contributed by atoms with Crippen LogP contribution in [0.3, 0.4) is 0 Å². The molecule has 0 fully saturated rings. The summed E-state index contributed by atoms with van der Waals surface area (Å²) in [6.07, 6.45) is -5.63. The third-order valence-electron chi connectivity index (χ3n) is 2.20. The normalized spacial score (nSPS) is 12.4. The average Bonchev–Trinajstić information content (AvgIpc) is 2.37. The Morgan fingerprint density at radius 3 is 2.70 bits per heavy atom. The van der Waals surface area contributed by atoms with Crippen molar-refractivity contribution in [3.8, 4) is 11.8 Å². The van der Waals surface area contributed by atoms with Crippen LogP contribution in [-0.4, -0.2) is 24.7 Å². The molecule has 1 aromatic rings. The van der Waals surface area contributed by atoms with Crippen molar-refractivity contribution in [3.63, 3.8) is 0 Å². The summed E-state index contributed by atoms with van der Waals surface area (Å²) in [4.78, 5) is 11.4. The summed E-state index contributed by atoms with van der Waals surface area (Å²) in [6.45, 7) is -0.138. The maximum absolute atomic E-state index is 11.9. The van der Waals surface area contributed by atoms with Crippen LogP contribution in [-0.2, 0) is 4.79 Å². The lowest BCUT2D eigenvalue weighted by Crippen LogP contribution is -2.41. The van der Waals surface area contributed by atoms with Gasteiger partial charge in [-0.25, -0.2) is 0 Å². The number of benzene rings is 1. The molecule has 4 nitrogen and oxygen atoms in total. The van der Waals surface area contributed by atoms with E-state index < -0.39 is 24.7 Å².